The molecule has 0 aromatic heterocycles. The van der Waals surface area contributed by atoms with Gasteiger partial charge < -0.3 is 5.73 Å². The van der Waals surface area contributed by atoms with Gasteiger partial charge >= 0.3 is 0 Å². The Morgan fingerprint density at radius 3 is 2.20 bits per heavy atom. The third-order valence-electron chi connectivity index (χ3n) is 1.10. The molecule has 58 valence electrons. The molecule has 0 heterocycles. The third kappa shape index (κ3) is 3.20. The van der Waals surface area contributed by atoms with Gasteiger partial charge in [-0.15, -0.1) is 0 Å². The number of rotatable bonds is 2. The van der Waals surface area contributed by atoms with Crippen molar-refractivity contribution in [3.8, 4) is 0 Å². The summed E-state index contributed by atoms with van der Waals surface area (Å²) in [5, 5.41) is 0. The number of allylic oxidation sites excluding steroid dienone is 1. The summed E-state index contributed by atoms with van der Waals surface area (Å²) in [6.07, 6.45) is 3.34. The molecule has 0 saturated heterocycles. The number of halogens is 1. The molecule has 0 aliphatic heterocycles. The van der Waals surface area contributed by atoms with Crippen LogP contribution in [0.2, 0.25) is 0 Å². The molecule has 0 radical (unpaired) electrons. The standard InChI is InChI=1S/C7H13IN2/c1-7(2,8)6(10-3)4-5-9/h4-5H,9H2,1-3H3. The lowest BCUT2D eigenvalue weighted by Gasteiger charge is -2.15. The predicted octanol–water partition coefficient (Wildman–Crippen LogP) is 1.74. The zero-order chi connectivity index (χ0) is 8.20. The second-order valence-corrected chi connectivity index (χ2v) is 5.14. The van der Waals surface area contributed by atoms with Crippen molar-refractivity contribution in [2.75, 3.05) is 7.05 Å². The minimum Gasteiger partial charge on any atom is -0.405 e. The van der Waals surface area contributed by atoms with Crippen molar-refractivity contribution in [3.05, 3.63) is 12.3 Å². The first-order valence-electron chi connectivity index (χ1n) is 3.07. The van der Waals surface area contributed by atoms with Gasteiger partial charge in [0, 0.05) is 7.05 Å². The number of nitrogens with two attached hydrogens (primary N) is 1. The van der Waals surface area contributed by atoms with E-state index in [2.05, 4.69) is 41.4 Å². The van der Waals surface area contributed by atoms with E-state index in [9.17, 15) is 0 Å². The van der Waals surface area contributed by atoms with Gasteiger partial charge in [0.2, 0.25) is 0 Å². The lowest BCUT2D eigenvalue weighted by Crippen LogP contribution is -2.22. The Bertz CT molecular complexity index is 153. The summed E-state index contributed by atoms with van der Waals surface area (Å²) < 4.78 is 0.0718. The maximum absolute atomic E-state index is 5.24. The van der Waals surface area contributed by atoms with Gasteiger partial charge in [-0.1, -0.05) is 22.6 Å². The van der Waals surface area contributed by atoms with Crippen LogP contribution in [0.4, 0.5) is 0 Å². The Morgan fingerprint density at radius 1 is 1.60 bits per heavy atom. The quantitative estimate of drug-likeness (QED) is 0.453. The van der Waals surface area contributed by atoms with Gasteiger partial charge in [-0.3, -0.25) is 4.99 Å². The van der Waals surface area contributed by atoms with Crippen LogP contribution in [0.15, 0.2) is 17.3 Å². The van der Waals surface area contributed by atoms with E-state index in [4.69, 9.17) is 5.73 Å². The fourth-order valence-corrected chi connectivity index (χ4v) is 1.05. The summed E-state index contributed by atoms with van der Waals surface area (Å²) >= 11 is 2.32. The molecular formula is C7H13IN2. The number of nitrogens with zero attached hydrogens (tertiary/aromatic N) is 1. The van der Waals surface area contributed by atoms with Gasteiger partial charge in [-0.25, -0.2) is 0 Å². The molecule has 0 aromatic rings. The smallest absolute Gasteiger partial charge is 0.0582 e. The minimum atomic E-state index is 0.0718. The van der Waals surface area contributed by atoms with Crippen molar-refractivity contribution in [1.82, 2.24) is 0 Å². The van der Waals surface area contributed by atoms with Gasteiger partial charge in [0.1, 0.15) is 0 Å². The summed E-state index contributed by atoms with van der Waals surface area (Å²) in [5.74, 6) is 0. The molecule has 0 rings (SSSR count). The maximum atomic E-state index is 5.24. The van der Waals surface area contributed by atoms with Crippen LogP contribution in [0.1, 0.15) is 13.8 Å². The van der Waals surface area contributed by atoms with Crippen molar-refractivity contribution in [3.63, 3.8) is 0 Å². The molecule has 0 aliphatic rings. The SMILES string of the molecule is CN=C(C=CN)C(C)(C)I. The van der Waals surface area contributed by atoms with Crippen LogP contribution in [-0.2, 0) is 0 Å². The highest BCUT2D eigenvalue weighted by atomic mass is 127. The highest BCUT2D eigenvalue weighted by molar-refractivity contribution is 14.1. The van der Waals surface area contributed by atoms with E-state index in [1.54, 1.807) is 7.05 Å². The summed E-state index contributed by atoms with van der Waals surface area (Å²) in [4.78, 5) is 4.09. The fraction of sp³-hybridized carbons (Fsp3) is 0.571. The van der Waals surface area contributed by atoms with E-state index in [1.807, 2.05) is 6.08 Å². The Labute approximate surface area is 75.7 Å². The Morgan fingerprint density at radius 2 is 2.10 bits per heavy atom. The molecule has 0 bridgehead atoms. The van der Waals surface area contributed by atoms with Crippen LogP contribution in [0.3, 0.4) is 0 Å². The van der Waals surface area contributed by atoms with Crippen LogP contribution < -0.4 is 5.73 Å². The van der Waals surface area contributed by atoms with Gasteiger partial charge in [0.25, 0.3) is 0 Å². The molecule has 0 atom stereocenters. The maximum Gasteiger partial charge on any atom is 0.0582 e. The van der Waals surface area contributed by atoms with Crippen molar-refractivity contribution in [2.24, 2.45) is 10.7 Å². The number of hydrogen-bond acceptors (Lipinski definition) is 2. The fourth-order valence-electron chi connectivity index (χ4n) is 0.630. The van der Waals surface area contributed by atoms with E-state index in [1.165, 1.54) is 6.20 Å². The average molecular weight is 252 g/mol. The molecule has 10 heavy (non-hydrogen) atoms. The minimum absolute atomic E-state index is 0.0718. The first-order chi connectivity index (χ1) is 4.52. The van der Waals surface area contributed by atoms with Crippen LogP contribution >= 0.6 is 22.6 Å². The van der Waals surface area contributed by atoms with Crippen molar-refractivity contribution >= 4 is 28.3 Å². The molecule has 2 nitrogen and oxygen atoms in total. The first-order valence-corrected chi connectivity index (χ1v) is 4.14. The topological polar surface area (TPSA) is 38.4 Å². The molecule has 0 aromatic carbocycles. The monoisotopic (exact) mass is 252 g/mol. The van der Waals surface area contributed by atoms with Crippen LogP contribution in [-0.4, -0.2) is 16.2 Å². The normalized spacial score (nSPS) is 14.6. The molecule has 0 spiro atoms. The molecule has 0 aliphatic carbocycles. The van der Waals surface area contributed by atoms with E-state index < -0.39 is 0 Å². The van der Waals surface area contributed by atoms with E-state index >= 15 is 0 Å². The zero-order valence-electron chi connectivity index (χ0n) is 6.56. The molecule has 0 fully saturated rings. The average Bonchev–Trinajstić information content (AvgIpc) is 1.80. The highest BCUT2D eigenvalue weighted by Crippen LogP contribution is 2.19. The molecule has 0 unspecified atom stereocenters. The second-order valence-electron chi connectivity index (χ2n) is 2.44. The van der Waals surface area contributed by atoms with E-state index in [-0.39, 0.29) is 3.42 Å². The molecular weight excluding hydrogens is 239 g/mol. The first kappa shape index (κ1) is 9.94. The van der Waals surface area contributed by atoms with Gasteiger partial charge in [0.05, 0.1) is 9.13 Å². The molecule has 3 heteroatoms. The lowest BCUT2D eigenvalue weighted by atomic mass is 10.1. The van der Waals surface area contributed by atoms with Crippen LogP contribution in [0, 0.1) is 0 Å². The predicted molar refractivity (Wildman–Crippen MR) is 54.8 cm³/mol. The van der Waals surface area contributed by atoms with Crippen LogP contribution in [0.25, 0.3) is 0 Å². The van der Waals surface area contributed by atoms with Gasteiger partial charge in [-0.2, -0.15) is 0 Å². The Balaban J connectivity index is 4.39. The third-order valence-corrected chi connectivity index (χ3v) is 1.66. The summed E-state index contributed by atoms with van der Waals surface area (Å²) in [6, 6.07) is 0. The second kappa shape index (κ2) is 3.95. The van der Waals surface area contributed by atoms with E-state index in [0.29, 0.717) is 0 Å². The summed E-state index contributed by atoms with van der Waals surface area (Å²) in [5.41, 5.74) is 6.25. The summed E-state index contributed by atoms with van der Waals surface area (Å²) in [7, 11) is 1.77. The van der Waals surface area contributed by atoms with Crippen molar-refractivity contribution in [2.45, 2.75) is 17.3 Å². The van der Waals surface area contributed by atoms with Crippen molar-refractivity contribution in [1.29, 1.82) is 0 Å². The van der Waals surface area contributed by atoms with E-state index in [0.717, 1.165) is 5.71 Å². The zero-order valence-corrected chi connectivity index (χ0v) is 8.71. The number of hydrogen-bond donors (Lipinski definition) is 1. The van der Waals surface area contributed by atoms with Crippen molar-refractivity contribution < 1.29 is 0 Å². The lowest BCUT2D eigenvalue weighted by molar-refractivity contribution is 0.995. The Kier molecular flexibility index (Phi) is 3.93. The summed E-state index contributed by atoms with van der Waals surface area (Å²) in [6.45, 7) is 4.19. The molecule has 0 amide bonds. The number of aliphatic imine (C=N–C) groups is 1. The van der Waals surface area contributed by atoms with Gasteiger partial charge in [0.15, 0.2) is 0 Å². The highest BCUT2D eigenvalue weighted by Gasteiger charge is 2.17. The van der Waals surface area contributed by atoms with Gasteiger partial charge in [-0.05, 0) is 26.1 Å². The largest absolute Gasteiger partial charge is 0.405 e. The number of alkyl halides is 1. The molecule has 2 N–H and O–H groups in total. The van der Waals surface area contributed by atoms with Crippen LogP contribution in [0.5, 0.6) is 0 Å². The Hall–Kier alpha value is -0.0600. The molecule has 0 saturated carbocycles.